The van der Waals surface area contributed by atoms with Crippen LogP contribution < -0.4 is 10.2 Å². The minimum absolute atomic E-state index is 0.0279. The fourth-order valence-electron chi connectivity index (χ4n) is 5.07. The first-order valence-electron chi connectivity index (χ1n) is 12.8. The van der Waals surface area contributed by atoms with Crippen molar-refractivity contribution in [2.75, 3.05) is 49.5 Å². The van der Waals surface area contributed by atoms with Crippen molar-refractivity contribution in [2.45, 2.75) is 53.5 Å². The summed E-state index contributed by atoms with van der Waals surface area (Å²) in [6, 6.07) is 6.10. The van der Waals surface area contributed by atoms with Crippen molar-refractivity contribution >= 4 is 39.1 Å². The molecule has 0 aliphatic carbocycles. The largest absolute Gasteiger partial charge is 0.352 e. The molecule has 0 radical (unpaired) electrons. The van der Waals surface area contributed by atoms with Gasteiger partial charge in [0.2, 0.25) is 0 Å². The lowest BCUT2D eigenvalue weighted by molar-refractivity contribution is 0.208. The topological polar surface area (TPSA) is 64.6 Å². The van der Waals surface area contributed by atoms with Crippen LogP contribution in [0, 0.1) is 13.8 Å². The molecule has 2 aliphatic heterocycles. The Morgan fingerprint density at radius 1 is 1.11 bits per heavy atom. The molecule has 2 aliphatic rings. The summed E-state index contributed by atoms with van der Waals surface area (Å²) in [6.45, 7) is 16.7. The van der Waals surface area contributed by atoms with Gasteiger partial charge in [-0.1, -0.05) is 38.5 Å². The number of thiophene rings is 1. The fourth-order valence-corrected chi connectivity index (χ4v) is 6.33. The summed E-state index contributed by atoms with van der Waals surface area (Å²) in [5.74, 6) is 2.25. The van der Waals surface area contributed by atoms with E-state index in [4.69, 9.17) is 9.97 Å². The van der Waals surface area contributed by atoms with Gasteiger partial charge in [-0.25, -0.2) is 14.8 Å². The summed E-state index contributed by atoms with van der Waals surface area (Å²) >= 11 is 1.84. The monoisotopic (exact) mass is 492 g/mol. The number of aromatic nitrogens is 2. The minimum Gasteiger partial charge on any atom is -0.352 e. The first-order chi connectivity index (χ1) is 16.8. The zero-order valence-corrected chi connectivity index (χ0v) is 22.3. The number of benzene rings is 1. The average molecular weight is 493 g/mol. The molecule has 0 unspecified atom stereocenters. The fraction of sp³-hybridized carbons (Fsp3) is 0.519. The number of carbonyl (C=O) groups excluding carboxylic acids is 1. The molecule has 35 heavy (non-hydrogen) atoms. The number of piperazine rings is 1. The average Bonchev–Trinajstić information content (AvgIpc) is 3.22. The zero-order chi connectivity index (χ0) is 24.7. The maximum atomic E-state index is 13.0. The predicted octanol–water partition coefficient (Wildman–Crippen LogP) is 5.16. The van der Waals surface area contributed by atoms with E-state index in [-0.39, 0.29) is 11.9 Å². The van der Waals surface area contributed by atoms with Crippen molar-refractivity contribution in [3.8, 4) is 0 Å². The van der Waals surface area contributed by atoms with Gasteiger partial charge < -0.3 is 15.1 Å². The lowest BCUT2D eigenvalue weighted by Gasteiger charge is -2.36. The number of anilines is 2. The van der Waals surface area contributed by atoms with Crippen LogP contribution in [0.15, 0.2) is 18.2 Å². The van der Waals surface area contributed by atoms with Gasteiger partial charge in [-0.3, -0.25) is 4.90 Å². The van der Waals surface area contributed by atoms with E-state index in [0.29, 0.717) is 13.1 Å². The van der Waals surface area contributed by atoms with Crippen molar-refractivity contribution < 1.29 is 4.79 Å². The van der Waals surface area contributed by atoms with E-state index in [0.717, 1.165) is 66.9 Å². The van der Waals surface area contributed by atoms with Gasteiger partial charge in [0.1, 0.15) is 16.5 Å². The minimum atomic E-state index is -0.0279. The normalized spacial score (nSPS) is 16.7. The summed E-state index contributed by atoms with van der Waals surface area (Å²) in [5.41, 5.74) is 4.61. The third-order valence-corrected chi connectivity index (χ3v) is 8.34. The van der Waals surface area contributed by atoms with Crippen LogP contribution in [0.5, 0.6) is 0 Å². The first-order valence-corrected chi connectivity index (χ1v) is 13.6. The lowest BCUT2D eigenvalue weighted by atomic mass is 10.0. The van der Waals surface area contributed by atoms with Crippen LogP contribution in [0.25, 0.3) is 10.2 Å². The summed E-state index contributed by atoms with van der Waals surface area (Å²) in [4.78, 5) is 32.4. The molecule has 2 aromatic heterocycles. The number of amides is 2. The number of fused-ring (bicyclic) bond motifs is 3. The van der Waals surface area contributed by atoms with Crippen LogP contribution in [0.4, 0.5) is 16.3 Å². The highest BCUT2D eigenvalue weighted by Crippen LogP contribution is 2.39. The van der Waals surface area contributed by atoms with Crippen molar-refractivity contribution in [1.29, 1.82) is 0 Å². The molecule has 0 saturated carbocycles. The Morgan fingerprint density at radius 3 is 2.57 bits per heavy atom. The Kier molecular flexibility index (Phi) is 6.68. The second-order valence-electron chi connectivity index (χ2n) is 10.1. The molecule has 3 aromatic rings. The molecule has 4 heterocycles. The quantitative estimate of drug-likeness (QED) is 0.545. The maximum Gasteiger partial charge on any atom is 0.321 e. The Bertz CT molecular complexity index is 1240. The van der Waals surface area contributed by atoms with Crippen molar-refractivity contribution in [3.05, 3.63) is 45.6 Å². The molecule has 0 bridgehead atoms. The van der Waals surface area contributed by atoms with Crippen LogP contribution in [-0.2, 0) is 13.0 Å². The van der Waals surface area contributed by atoms with Gasteiger partial charge in [0.15, 0.2) is 0 Å². The number of nitrogens with zero attached hydrogens (tertiary/aromatic N) is 5. The molecule has 2 amide bonds. The molecule has 1 saturated heterocycles. The Balaban J connectivity index is 1.37. The third-order valence-electron chi connectivity index (χ3n) is 7.23. The second kappa shape index (κ2) is 9.74. The number of rotatable bonds is 4. The highest BCUT2D eigenvalue weighted by molar-refractivity contribution is 7.19. The summed E-state index contributed by atoms with van der Waals surface area (Å²) in [5, 5.41) is 4.35. The standard InChI is InChI=1S/C27H36N6OS/c1-6-31-10-9-20-22(16-31)35-26-23(20)25(29-24(30-26)17(2)3)32-11-13-33(14-12-32)27(34)28-21-8-7-18(4)15-19(21)5/h7-8,15,17H,6,9-14,16H2,1-5H3,(H,28,34). The number of likely N-dealkylation sites (N-methyl/N-ethyl adjacent to an activating group) is 1. The van der Waals surface area contributed by atoms with E-state index in [2.05, 4.69) is 48.9 Å². The maximum absolute atomic E-state index is 13.0. The van der Waals surface area contributed by atoms with E-state index in [1.807, 2.05) is 35.3 Å². The van der Waals surface area contributed by atoms with Gasteiger partial charge >= 0.3 is 6.03 Å². The van der Waals surface area contributed by atoms with E-state index >= 15 is 0 Å². The number of nitrogens with one attached hydrogen (secondary N) is 1. The predicted molar refractivity (Wildman–Crippen MR) is 145 cm³/mol. The van der Waals surface area contributed by atoms with Crippen molar-refractivity contribution in [1.82, 2.24) is 19.8 Å². The highest BCUT2D eigenvalue weighted by Gasteiger charge is 2.29. The van der Waals surface area contributed by atoms with E-state index in [1.165, 1.54) is 21.4 Å². The van der Waals surface area contributed by atoms with Crippen molar-refractivity contribution in [3.63, 3.8) is 0 Å². The number of carbonyl (C=O) groups is 1. The molecule has 5 rings (SSSR count). The molecule has 0 spiro atoms. The smallest absolute Gasteiger partial charge is 0.321 e. The van der Waals surface area contributed by atoms with Crippen LogP contribution in [0.1, 0.15) is 54.1 Å². The van der Waals surface area contributed by atoms with Gasteiger partial charge in [-0.05, 0) is 44.0 Å². The molecule has 186 valence electrons. The van der Waals surface area contributed by atoms with Gasteiger partial charge in [0.25, 0.3) is 0 Å². The second-order valence-corrected chi connectivity index (χ2v) is 11.2. The summed E-state index contributed by atoms with van der Waals surface area (Å²) in [7, 11) is 0. The van der Waals surface area contributed by atoms with Gasteiger partial charge in [-0.2, -0.15) is 0 Å². The molecular formula is C27H36N6OS. The van der Waals surface area contributed by atoms with Crippen molar-refractivity contribution in [2.24, 2.45) is 0 Å². The number of hydrogen-bond acceptors (Lipinski definition) is 6. The molecule has 8 heteroatoms. The lowest BCUT2D eigenvalue weighted by Crippen LogP contribution is -2.50. The van der Waals surface area contributed by atoms with E-state index in [1.54, 1.807) is 0 Å². The van der Waals surface area contributed by atoms with Gasteiger partial charge in [0.05, 0.1) is 5.39 Å². The molecule has 7 nitrogen and oxygen atoms in total. The van der Waals surface area contributed by atoms with Gasteiger partial charge in [0, 0.05) is 55.8 Å². The Labute approximate surface area is 212 Å². The first kappa shape index (κ1) is 24.0. The molecule has 0 atom stereocenters. The van der Waals surface area contributed by atoms with Crippen LogP contribution >= 0.6 is 11.3 Å². The third kappa shape index (κ3) is 4.74. The number of aryl methyl sites for hydroxylation is 2. The molecule has 1 fully saturated rings. The zero-order valence-electron chi connectivity index (χ0n) is 21.5. The Morgan fingerprint density at radius 2 is 1.89 bits per heavy atom. The van der Waals surface area contributed by atoms with Crippen LogP contribution in [0.3, 0.4) is 0 Å². The molecular weight excluding hydrogens is 456 g/mol. The number of urea groups is 1. The van der Waals surface area contributed by atoms with E-state index in [9.17, 15) is 4.79 Å². The highest BCUT2D eigenvalue weighted by atomic mass is 32.1. The molecule has 1 aromatic carbocycles. The van der Waals surface area contributed by atoms with Crippen LogP contribution in [0.2, 0.25) is 0 Å². The summed E-state index contributed by atoms with van der Waals surface area (Å²) < 4.78 is 0. The van der Waals surface area contributed by atoms with Gasteiger partial charge in [-0.15, -0.1) is 11.3 Å². The summed E-state index contributed by atoms with van der Waals surface area (Å²) in [6.07, 6.45) is 1.05. The van der Waals surface area contributed by atoms with E-state index < -0.39 is 0 Å². The molecule has 1 N–H and O–H groups in total. The SMILES string of the molecule is CCN1CCc2c(sc3nc(C(C)C)nc(N4CCN(C(=O)Nc5ccc(C)cc5C)CC4)c23)C1. The Hall–Kier alpha value is -2.71. The van der Waals surface area contributed by atoms with Crippen LogP contribution in [-0.4, -0.2) is 65.1 Å². The number of hydrogen-bond donors (Lipinski definition) is 1.